The van der Waals surface area contributed by atoms with Gasteiger partial charge < -0.3 is 14.8 Å². The number of alkyl halides is 2. The van der Waals surface area contributed by atoms with Crippen molar-refractivity contribution >= 4 is 11.6 Å². The van der Waals surface area contributed by atoms with Gasteiger partial charge in [-0.1, -0.05) is 6.07 Å². The lowest BCUT2D eigenvalue weighted by molar-refractivity contribution is -0.123. The van der Waals surface area contributed by atoms with Gasteiger partial charge in [0.05, 0.1) is 18.7 Å². The number of carbonyl (C=O) groups is 1. The highest BCUT2D eigenvalue weighted by Gasteiger charge is 2.28. The Morgan fingerprint density at radius 3 is 2.95 bits per heavy atom. The van der Waals surface area contributed by atoms with Crippen LogP contribution in [-0.4, -0.2) is 39.5 Å². The molecule has 0 spiro atoms. The van der Waals surface area contributed by atoms with Crippen LogP contribution in [0, 0.1) is 0 Å². The van der Waals surface area contributed by atoms with Crippen molar-refractivity contribution in [3.05, 3.63) is 36.3 Å². The van der Waals surface area contributed by atoms with E-state index in [1.165, 1.54) is 0 Å². The van der Waals surface area contributed by atoms with E-state index in [2.05, 4.69) is 10.3 Å². The number of fused-ring (bicyclic) bond motifs is 1. The average molecular weight is 269 g/mol. The highest BCUT2D eigenvalue weighted by molar-refractivity contribution is 5.78. The molecule has 2 heterocycles. The Morgan fingerprint density at radius 1 is 1.47 bits per heavy atom. The third kappa shape index (κ3) is 3.47. The molecule has 0 bridgehead atoms. The summed E-state index contributed by atoms with van der Waals surface area (Å²) in [4.78, 5) is 15.7. The number of aliphatic hydroxyl groups excluding tert-OH is 1. The Bertz CT molecular complexity index is 550. The molecule has 0 radical (unpaired) electrons. The van der Waals surface area contributed by atoms with Gasteiger partial charge in [0.15, 0.2) is 0 Å². The largest absolute Gasteiger partial charge is 0.390 e. The molecule has 2 rings (SSSR count). The fraction of sp³-hybridized carbons (Fsp3) is 0.333. The molecule has 0 fully saturated rings. The van der Waals surface area contributed by atoms with Crippen LogP contribution >= 0.6 is 0 Å². The maximum Gasteiger partial charge on any atom is 0.287 e. The van der Waals surface area contributed by atoms with Crippen LogP contribution in [0.2, 0.25) is 0 Å². The van der Waals surface area contributed by atoms with Gasteiger partial charge in [0.2, 0.25) is 5.91 Å². The van der Waals surface area contributed by atoms with Crippen LogP contribution in [0.3, 0.4) is 0 Å². The number of nitrogens with zero attached hydrogens (tertiary/aromatic N) is 2. The number of nitrogens with one attached hydrogen (secondary N) is 1. The lowest BCUT2D eigenvalue weighted by Gasteiger charge is -2.13. The van der Waals surface area contributed by atoms with E-state index < -0.39 is 25.0 Å². The first-order chi connectivity index (χ1) is 9.00. The summed E-state index contributed by atoms with van der Waals surface area (Å²) >= 11 is 0. The third-order valence-electron chi connectivity index (χ3n) is 2.53. The van der Waals surface area contributed by atoms with E-state index in [1.54, 1.807) is 22.9 Å². The third-order valence-corrected chi connectivity index (χ3v) is 2.53. The summed E-state index contributed by atoms with van der Waals surface area (Å²) in [6.45, 7) is -2.17. The summed E-state index contributed by atoms with van der Waals surface area (Å²) in [5.74, 6) is -3.86. The molecular weight excluding hydrogens is 256 g/mol. The first kappa shape index (κ1) is 13.4. The number of halogens is 2. The van der Waals surface area contributed by atoms with Gasteiger partial charge in [-0.2, -0.15) is 0 Å². The molecular formula is C12H13F2N3O2. The van der Waals surface area contributed by atoms with Crippen LogP contribution in [0.4, 0.5) is 8.78 Å². The number of aliphatic hydroxyl groups is 1. The molecule has 2 N–H and O–H groups in total. The molecule has 1 amide bonds. The molecule has 0 aliphatic rings. The van der Waals surface area contributed by atoms with Crippen molar-refractivity contribution in [2.45, 2.75) is 12.3 Å². The summed E-state index contributed by atoms with van der Waals surface area (Å²) in [5.41, 5.74) is 1.18. The summed E-state index contributed by atoms with van der Waals surface area (Å²) in [5, 5.41) is 10.4. The Labute approximate surface area is 107 Å². The van der Waals surface area contributed by atoms with Crippen molar-refractivity contribution in [1.82, 2.24) is 14.7 Å². The number of imidazole rings is 1. The van der Waals surface area contributed by atoms with Crippen molar-refractivity contribution in [3.63, 3.8) is 0 Å². The van der Waals surface area contributed by atoms with Crippen molar-refractivity contribution in [2.75, 3.05) is 13.2 Å². The van der Waals surface area contributed by atoms with Crippen LogP contribution in [0.25, 0.3) is 5.65 Å². The number of carbonyl (C=O) groups excluding carboxylic acids is 1. The van der Waals surface area contributed by atoms with Crippen molar-refractivity contribution in [3.8, 4) is 0 Å². The number of pyridine rings is 1. The zero-order chi connectivity index (χ0) is 13.9. The second-order valence-electron chi connectivity index (χ2n) is 4.17. The second-order valence-corrected chi connectivity index (χ2v) is 4.17. The quantitative estimate of drug-likeness (QED) is 0.836. The molecule has 19 heavy (non-hydrogen) atoms. The van der Waals surface area contributed by atoms with Gasteiger partial charge in [0.1, 0.15) is 12.3 Å². The van der Waals surface area contributed by atoms with Gasteiger partial charge >= 0.3 is 0 Å². The van der Waals surface area contributed by atoms with Crippen molar-refractivity contribution in [2.24, 2.45) is 0 Å². The monoisotopic (exact) mass is 269 g/mol. The number of hydrogen-bond donors (Lipinski definition) is 2. The minimum Gasteiger partial charge on any atom is -0.390 e. The van der Waals surface area contributed by atoms with Gasteiger partial charge in [-0.15, -0.1) is 0 Å². The Balaban J connectivity index is 1.95. The van der Waals surface area contributed by atoms with Gasteiger partial charge in [-0.3, -0.25) is 4.79 Å². The predicted octanol–water partition coefficient (Wildman–Crippen LogP) is 0.621. The second kappa shape index (κ2) is 5.31. The molecule has 2 aromatic heterocycles. The van der Waals surface area contributed by atoms with Crippen molar-refractivity contribution < 1.29 is 18.7 Å². The van der Waals surface area contributed by atoms with E-state index >= 15 is 0 Å². The number of rotatable bonds is 5. The maximum atomic E-state index is 12.7. The maximum absolute atomic E-state index is 12.7. The fourth-order valence-corrected chi connectivity index (χ4v) is 1.58. The van der Waals surface area contributed by atoms with Crippen LogP contribution < -0.4 is 5.32 Å². The van der Waals surface area contributed by atoms with E-state index in [-0.39, 0.29) is 6.42 Å². The first-order valence-corrected chi connectivity index (χ1v) is 5.68. The van der Waals surface area contributed by atoms with E-state index in [1.807, 2.05) is 12.1 Å². The van der Waals surface area contributed by atoms with Gasteiger partial charge in [0.25, 0.3) is 5.92 Å². The van der Waals surface area contributed by atoms with Crippen LogP contribution in [0.5, 0.6) is 0 Å². The summed E-state index contributed by atoms with van der Waals surface area (Å²) in [6.07, 6.45) is 3.37. The van der Waals surface area contributed by atoms with Crippen LogP contribution in [-0.2, 0) is 11.2 Å². The molecule has 0 aliphatic heterocycles. The summed E-state index contributed by atoms with van der Waals surface area (Å²) in [6, 6.07) is 5.41. The Hall–Kier alpha value is -2.02. The highest BCUT2D eigenvalue weighted by Crippen LogP contribution is 2.10. The highest BCUT2D eigenvalue weighted by atomic mass is 19.3. The molecule has 0 atom stereocenters. The molecule has 0 aliphatic carbocycles. The zero-order valence-corrected chi connectivity index (χ0v) is 10.0. The lowest BCUT2D eigenvalue weighted by atomic mass is 10.3. The van der Waals surface area contributed by atoms with Crippen LogP contribution in [0.15, 0.2) is 30.6 Å². The first-order valence-electron chi connectivity index (χ1n) is 5.68. The molecule has 0 aromatic carbocycles. The van der Waals surface area contributed by atoms with E-state index in [0.29, 0.717) is 11.3 Å². The van der Waals surface area contributed by atoms with Crippen LogP contribution in [0.1, 0.15) is 5.69 Å². The smallest absolute Gasteiger partial charge is 0.287 e. The Morgan fingerprint density at radius 2 is 2.26 bits per heavy atom. The standard InChI is InChI=1S/C12H13F2N3O2/c13-12(14,8-18)7-15-11(19)5-9-6-17-4-2-1-3-10(17)16-9/h1-4,6,18H,5,7-8H2,(H,15,19). The molecule has 0 saturated carbocycles. The molecule has 0 saturated heterocycles. The molecule has 2 aromatic rings. The lowest BCUT2D eigenvalue weighted by Crippen LogP contribution is -2.39. The number of aromatic nitrogens is 2. The van der Waals surface area contributed by atoms with Crippen molar-refractivity contribution in [1.29, 1.82) is 0 Å². The average Bonchev–Trinajstić information content (AvgIpc) is 2.78. The van der Waals surface area contributed by atoms with Gasteiger partial charge in [-0.05, 0) is 12.1 Å². The number of amides is 1. The fourth-order valence-electron chi connectivity index (χ4n) is 1.58. The molecule has 7 heteroatoms. The molecule has 5 nitrogen and oxygen atoms in total. The number of hydrogen-bond acceptors (Lipinski definition) is 3. The molecule has 0 unspecified atom stereocenters. The van der Waals surface area contributed by atoms with E-state index in [9.17, 15) is 13.6 Å². The SMILES string of the molecule is O=C(Cc1cn2ccccc2n1)NCC(F)(F)CO. The minimum atomic E-state index is -3.30. The Kier molecular flexibility index (Phi) is 3.75. The predicted molar refractivity (Wildman–Crippen MR) is 63.9 cm³/mol. The summed E-state index contributed by atoms with van der Waals surface area (Å²) < 4.78 is 27.2. The normalized spacial score (nSPS) is 11.7. The van der Waals surface area contributed by atoms with E-state index in [0.717, 1.165) is 0 Å². The molecule has 102 valence electrons. The zero-order valence-electron chi connectivity index (χ0n) is 10.0. The van der Waals surface area contributed by atoms with Gasteiger partial charge in [0, 0.05) is 12.4 Å². The minimum absolute atomic E-state index is 0.0802. The summed E-state index contributed by atoms with van der Waals surface area (Å²) in [7, 11) is 0. The van der Waals surface area contributed by atoms with E-state index in [4.69, 9.17) is 5.11 Å². The topological polar surface area (TPSA) is 66.6 Å². The van der Waals surface area contributed by atoms with Gasteiger partial charge in [-0.25, -0.2) is 13.8 Å².